The van der Waals surface area contributed by atoms with E-state index in [0.717, 1.165) is 26.2 Å². The summed E-state index contributed by atoms with van der Waals surface area (Å²) >= 11 is 1.79. The summed E-state index contributed by atoms with van der Waals surface area (Å²) in [5.41, 5.74) is 1.35. The van der Waals surface area contributed by atoms with Gasteiger partial charge in [-0.05, 0) is 31.0 Å². The zero-order chi connectivity index (χ0) is 12.1. The van der Waals surface area contributed by atoms with Crippen LogP contribution in [0.3, 0.4) is 0 Å². The Hall–Kier alpha value is -0.550. The van der Waals surface area contributed by atoms with E-state index in [-0.39, 0.29) is 0 Å². The second-order valence-corrected chi connectivity index (χ2v) is 5.13. The molecule has 1 aromatic rings. The van der Waals surface area contributed by atoms with Crippen molar-refractivity contribution in [1.82, 2.24) is 15.5 Å². The number of hydrogen-bond acceptors (Lipinski definition) is 4. The highest BCUT2D eigenvalue weighted by Gasteiger charge is 2.20. The quantitative estimate of drug-likeness (QED) is 0.794. The summed E-state index contributed by atoms with van der Waals surface area (Å²) in [4.78, 5) is 3.81. The van der Waals surface area contributed by atoms with Crippen LogP contribution in [0.1, 0.15) is 11.7 Å². The van der Waals surface area contributed by atoms with E-state index in [4.69, 9.17) is 0 Å². The first-order valence-corrected chi connectivity index (χ1v) is 7.33. The minimum atomic E-state index is 0.341. The molecular weight excluding hydrogens is 230 g/mol. The van der Waals surface area contributed by atoms with Gasteiger partial charge in [0.25, 0.3) is 0 Å². The molecule has 0 aliphatic carbocycles. The molecule has 1 atom stereocenters. The van der Waals surface area contributed by atoms with Crippen LogP contribution in [0.15, 0.2) is 29.2 Å². The van der Waals surface area contributed by atoms with Gasteiger partial charge >= 0.3 is 0 Å². The summed E-state index contributed by atoms with van der Waals surface area (Å²) in [5, 5.41) is 6.81. The minimum Gasteiger partial charge on any atom is -0.314 e. The Labute approximate surface area is 108 Å². The Bertz CT molecular complexity index is 333. The summed E-state index contributed by atoms with van der Waals surface area (Å²) in [5.74, 6) is 0. The van der Waals surface area contributed by atoms with Crippen LogP contribution in [-0.4, -0.2) is 44.4 Å². The van der Waals surface area contributed by atoms with Crippen molar-refractivity contribution >= 4 is 11.8 Å². The third-order valence-electron chi connectivity index (χ3n) is 3.22. The highest BCUT2D eigenvalue weighted by Crippen LogP contribution is 2.21. The number of hydrogen-bond donors (Lipinski definition) is 2. The van der Waals surface area contributed by atoms with Crippen molar-refractivity contribution < 1.29 is 0 Å². The fraction of sp³-hybridized carbons (Fsp3) is 0.538. The lowest BCUT2D eigenvalue weighted by Gasteiger charge is -2.35. The number of nitrogens with one attached hydrogen (secondary N) is 2. The van der Waals surface area contributed by atoms with Gasteiger partial charge in [-0.2, -0.15) is 0 Å². The van der Waals surface area contributed by atoms with E-state index in [9.17, 15) is 0 Å². The molecule has 4 heteroatoms. The van der Waals surface area contributed by atoms with Gasteiger partial charge in [0.2, 0.25) is 0 Å². The second-order valence-electron chi connectivity index (χ2n) is 4.25. The van der Waals surface area contributed by atoms with Crippen LogP contribution >= 0.6 is 11.8 Å². The van der Waals surface area contributed by atoms with Gasteiger partial charge in [-0.1, -0.05) is 12.1 Å². The van der Waals surface area contributed by atoms with E-state index >= 15 is 0 Å². The van der Waals surface area contributed by atoms with E-state index in [1.54, 1.807) is 11.8 Å². The molecule has 0 radical (unpaired) electrons. The first-order chi connectivity index (χ1) is 8.35. The summed E-state index contributed by atoms with van der Waals surface area (Å²) in [7, 11) is 2.04. The molecule has 0 amide bonds. The van der Waals surface area contributed by atoms with Crippen LogP contribution in [0, 0.1) is 0 Å². The lowest BCUT2D eigenvalue weighted by Crippen LogP contribution is -2.48. The average molecular weight is 251 g/mol. The van der Waals surface area contributed by atoms with Gasteiger partial charge < -0.3 is 10.6 Å². The Kier molecular flexibility index (Phi) is 4.86. The zero-order valence-electron chi connectivity index (χ0n) is 10.6. The number of piperazine rings is 1. The normalized spacial score (nSPS) is 19.2. The molecule has 1 aliphatic heterocycles. The van der Waals surface area contributed by atoms with E-state index in [1.807, 2.05) is 7.05 Å². The predicted octanol–water partition coefficient (Wildman–Crippen LogP) is 1.53. The zero-order valence-corrected chi connectivity index (χ0v) is 11.4. The molecule has 1 saturated heterocycles. The molecule has 2 N–H and O–H groups in total. The van der Waals surface area contributed by atoms with E-state index < -0.39 is 0 Å². The molecule has 1 aromatic carbocycles. The maximum Gasteiger partial charge on any atom is 0.0859 e. The van der Waals surface area contributed by atoms with Crippen LogP contribution in [0.5, 0.6) is 0 Å². The van der Waals surface area contributed by atoms with Gasteiger partial charge in [-0.25, -0.2) is 0 Å². The van der Waals surface area contributed by atoms with Gasteiger partial charge in [-0.3, -0.25) is 4.90 Å². The molecule has 1 fully saturated rings. The van der Waals surface area contributed by atoms with Crippen molar-refractivity contribution in [3.05, 3.63) is 29.8 Å². The van der Waals surface area contributed by atoms with Gasteiger partial charge in [0.05, 0.1) is 6.17 Å². The summed E-state index contributed by atoms with van der Waals surface area (Å²) in [6, 6.07) is 8.86. The van der Waals surface area contributed by atoms with Crippen molar-refractivity contribution in [3.63, 3.8) is 0 Å². The summed E-state index contributed by atoms with van der Waals surface area (Å²) in [6.45, 7) is 4.38. The van der Waals surface area contributed by atoms with Crippen LogP contribution in [0.25, 0.3) is 0 Å². The lowest BCUT2D eigenvalue weighted by molar-refractivity contribution is 0.153. The minimum absolute atomic E-state index is 0.341. The second kappa shape index (κ2) is 6.40. The monoisotopic (exact) mass is 251 g/mol. The average Bonchev–Trinajstić information content (AvgIpc) is 2.42. The number of nitrogens with zero attached hydrogens (tertiary/aromatic N) is 1. The molecule has 1 heterocycles. The standard InChI is InChI=1S/C13H21N3S/c1-14-13(16-9-7-15-8-10-16)11-3-5-12(17-2)6-4-11/h3-6,13-15H,7-10H2,1-2H3. The van der Waals surface area contributed by atoms with Crippen LogP contribution in [0.4, 0.5) is 0 Å². The van der Waals surface area contributed by atoms with Crippen LogP contribution < -0.4 is 10.6 Å². The van der Waals surface area contributed by atoms with Gasteiger partial charge in [0.1, 0.15) is 0 Å². The van der Waals surface area contributed by atoms with Gasteiger partial charge in [0, 0.05) is 31.1 Å². The Morgan fingerprint density at radius 3 is 2.41 bits per heavy atom. The fourth-order valence-electron chi connectivity index (χ4n) is 2.29. The Morgan fingerprint density at radius 1 is 1.24 bits per heavy atom. The Balaban J connectivity index is 2.10. The third-order valence-corrected chi connectivity index (χ3v) is 3.97. The van der Waals surface area contributed by atoms with Crippen LogP contribution in [0.2, 0.25) is 0 Å². The maximum absolute atomic E-state index is 3.42. The SMILES string of the molecule is CNC(c1ccc(SC)cc1)N1CCNCC1. The van der Waals surface area contributed by atoms with Gasteiger partial charge in [0.15, 0.2) is 0 Å². The van der Waals surface area contributed by atoms with E-state index in [0.29, 0.717) is 6.17 Å². The molecule has 3 nitrogen and oxygen atoms in total. The first kappa shape index (κ1) is 12.9. The lowest BCUT2D eigenvalue weighted by atomic mass is 10.1. The van der Waals surface area contributed by atoms with Crippen molar-refractivity contribution in [2.75, 3.05) is 39.5 Å². The van der Waals surface area contributed by atoms with Crippen LogP contribution in [-0.2, 0) is 0 Å². The number of benzene rings is 1. The molecule has 1 unspecified atom stereocenters. The molecule has 2 rings (SSSR count). The third kappa shape index (κ3) is 3.22. The number of thioether (sulfide) groups is 1. The predicted molar refractivity (Wildman–Crippen MR) is 74.5 cm³/mol. The molecule has 1 aliphatic rings. The molecule has 0 spiro atoms. The molecule has 0 aromatic heterocycles. The highest BCUT2D eigenvalue weighted by atomic mass is 32.2. The molecule has 17 heavy (non-hydrogen) atoms. The fourth-order valence-corrected chi connectivity index (χ4v) is 2.69. The first-order valence-electron chi connectivity index (χ1n) is 6.11. The highest BCUT2D eigenvalue weighted by molar-refractivity contribution is 7.98. The largest absolute Gasteiger partial charge is 0.314 e. The van der Waals surface area contributed by atoms with Crippen molar-refractivity contribution in [3.8, 4) is 0 Å². The maximum atomic E-state index is 3.42. The van der Waals surface area contributed by atoms with Gasteiger partial charge in [-0.15, -0.1) is 11.8 Å². The molecule has 94 valence electrons. The summed E-state index contributed by atoms with van der Waals surface area (Å²) in [6.07, 6.45) is 2.45. The molecular formula is C13H21N3S. The van der Waals surface area contributed by atoms with E-state index in [1.165, 1.54) is 10.5 Å². The smallest absolute Gasteiger partial charge is 0.0859 e. The molecule has 0 bridgehead atoms. The molecule has 0 saturated carbocycles. The van der Waals surface area contributed by atoms with Crippen molar-refractivity contribution in [1.29, 1.82) is 0 Å². The van der Waals surface area contributed by atoms with Crippen molar-refractivity contribution in [2.24, 2.45) is 0 Å². The Morgan fingerprint density at radius 2 is 1.88 bits per heavy atom. The number of rotatable bonds is 4. The van der Waals surface area contributed by atoms with E-state index in [2.05, 4.69) is 46.1 Å². The van der Waals surface area contributed by atoms with Crippen molar-refractivity contribution in [2.45, 2.75) is 11.1 Å². The topological polar surface area (TPSA) is 27.3 Å². The summed E-state index contributed by atoms with van der Waals surface area (Å²) < 4.78 is 0.